The molecule has 14 heavy (non-hydrogen) atoms. The van der Waals surface area contributed by atoms with Crippen LogP contribution in [0.3, 0.4) is 0 Å². The molecule has 0 radical (unpaired) electrons. The van der Waals surface area contributed by atoms with Crippen molar-refractivity contribution in [3.8, 4) is 5.06 Å². The highest BCUT2D eigenvalue weighted by Gasteiger charge is 2.05. The van der Waals surface area contributed by atoms with Gasteiger partial charge in [0.25, 0.3) is 0 Å². The molecule has 0 aliphatic carbocycles. The number of hydrogen-bond donors (Lipinski definition) is 0. The van der Waals surface area contributed by atoms with Gasteiger partial charge in [-0.1, -0.05) is 11.3 Å². The predicted octanol–water partition coefficient (Wildman–Crippen LogP) is 3.03. The summed E-state index contributed by atoms with van der Waals surface area (Å²) in [4.78, 5) is 10.7. The van der Waals surface area contributed by atoms with E-state index in [1.165, 1.54) is 4.70 Å². The Morgan fingerprint density at radius 2 is 2.14 bits per heavy atom. The van der Waals surface area contributed by atoms with Crippen molar-refractivity contribution in [2.24, 2.45) is 0 Å². The number of benzene rings is 1. The molecule has 0 amide bonds. The predicted molar refractivity (Wildman–Crippen MR) is 58.5 cm³/mol. The molecule has 0 bridgehead atoms. The van der Waals surface area contributed by atoms with Crippen LogP contribution >= 0.6 is 11.3 Å². The van der Waals surface area contributed by atoms with Crippen LogP contribution in [0.15, 0.2) is 18.2 Å². The van der Waals surface area contributed by atoms with Crippen LogP contribution in [0.2, 0.25) is 0 Å². The second-order valence-corrected chi connectivity index (χ2v) is 4.16. The van der Waals surface area contributed by atoms with E-state index in [9.17, 15) is 4.79 Å². The first kappa shape index (κ1) is 9.21. The van der Waals surface area contributed by atoms with E-state index >= 15 is 0 Å². The lowest BCUT2D eigenvalue weighted by Crippen LogP contribution is -1.80. The smallest absolute Gasteiger partial charge is 0.174 e. The summed E-state index contributed by atoms with van der Waals surface area (Å²) in [5, 5.41) is 1.96. The molecule has 0 N–H and O–H groups in total. The highest BCUT2D eigenvalue weighted by molar-refractivity contribution is 7.21. The van der Waals surface area contributed by atoms with Crippen LogP contribution in [-0.2, 0) is 0 Å². The van der Waals surface area contributed by atoms with Gasteiger partial charge in [0, 0.05) is 10.3 Å². The van der Waals surface area contributed by atoms with Crippen molar-refractivity contribution >= 4 is 27.7 Å². The van der Waals surface area contributed by atoms with E-state index in [4.69, 9.17) is 4.74 Å². The highest BCUT2D eigenvalue weighted by Crippen LogP contribution is 2.34. The third-order valence-electron chi connectivity index (χ3n) is 2.14. The maximum absolute atomic E-state index is 10.7. The summed E-state index contributed by atoms with van der Waals surface area (Å²) in [6.45, 7) is 2.01. The maximum Gasteiger partial charge on any atom is 0.174 e. The molecule has 1 heterocycles. The van der Waals surface area contributed by atoms with Crippen LogP contribution in [0.1, 0.15) is 15.9 Å². The summed E-state index contributed by atoms with van der Waals surface area (Å²) in [5.74, 6) is 0. The molecule has 1 aromatic carbocycles. The first-order valence-corrected chi connectivity index (χ1v) is 5.09. The Morgan fingerprint density at radius 3 is 2.79 bits per heavy atom. The Morgan fingerprint density at radius 1 is 1.36 bits per heavy atom. The van der Waals surface area contributed by atoms with Crippen LogP contribution < -0.4 is 4.74 Å². The lowest BCUT2D eigenvalue weighted by molar-refractivity contribution is 0.112. The number of carbonyl (C=O) groups excluding carboxylic acids is 1. The number of carbonyl (C=O) groups is 1. The lowest BCUT2D eigenvalue weighted by atomic mass is 10.1. The Hall–Kier alpha value is -1.35. The fraction of sp³-hybridized carbons (Fsp3) is 0.182. The van der Waals surface area contributed by atoms with E-state index in [0.717, 1.165) is 27.9 Å². The minimum absolute atomic E-state index is 0.718. The molecule has 72 valence electrons. The Kier molecular flexibility index (Phi) is 2.25. The zero-order valence-electron chi connectivity index (χ0n) is 8.03. The van der Waals surface area contributed by atoms with E-state index in [1.54, 1.807) is 18.4 Å². The molecule has 2 rings (SSSR count). The number of fused-ring (bicyclic) bond motifs is 1. The van der Waals surface area contributed by atoms with E-state index < -0.39 is 0 Å². The molecule has 0 fully saturated rings. The van der Waals surface area contributed by atoms with Crippen LogP contribution in [0.25, 0.3) is 10.1 Å². The fourth-order valence-electron chi connectivity index (χ4n) is 1.50. The van der Waals surface area contributed by atoms with Crippen molar-refractivity contribution in [2.45, 2.75) is 6.92 Å². The Bertz CT molecular complexity index is 485. The number of rotatable bonds is 2. The van der Waals surface area contributed by atoms with Gasteiger partial charge in [-0.2, -0.15) is 0 Å². The number of aldehydes is 1. The van der Waals surface area contributed by atoms with Crippen LogP contribution in [0.5, 0.6) is 5.06 Å². The van der Waals surface area contributed by atoms with Gasteiger partial charge < -0.3 is 4.74 Å². The topological polar surface area (TPSA) is 26.3 Å². The molecule has 1 aromatic heterocycles. The summed E-state index contributed by atoms with van der Waals surface area (Å²) in [6.07, 6.45) is 0.872. The first-order valence-electron chi connectivity index (χ1n) is 4.28. The second-order valence-electron chi connectivity index (χ2n) is 3.14. The molecule has 0 atom stereocenters. The molecule has 0 spiro atoms. The van der Waals surface area contributed by atoms with Gasteiger partial charge in [-0.15, -0.1) is 0 Å². The van der Waals surface area contributed by atoms with Gasteiger partial charge in [-0.3, -0.25) is 4.79 Å². The minimum Gasteiger partial charge on any atom is -0.487 e. The molecule has 3 heteroatoms. The molecule has 0 aliphatic heterocycles. The monoisotopic (exact) mass is 206 g/mol. The van der Waals surface area contributed by atoms with Crippen molar-refractivity contribution < 1.29 is 9.53 Å². The van der Waals surface area contributed by atoms with Gasteiger partial charge in [0.15, 0.2) is 5.06 Å². The van der Waals surface area contributed by atoms with Crippen molar-refractivity contribution in [1.82, 2.24) is 0 Å². The number of aryl methyl sites for hydroxylation is 1. The number of thiophene rings is 1. The van der Waals surface area contributed by atoms with Crippen LogP contribution in [-0.4, -0.2) is 13.4 Å². The van der Waals surface area contributed by atoms with Gasteiger partial charge in [-0.05, 0) is 36.1 Å². The highest BCUT2D eigenvalue weighted by atomic mass is 32.1. The molecule has 0 aliphatic rings. The fourth-order valence-corrected chi connectivity index (χ4v) is 2.43. The summed E-state index contributed by atoms with van der Waals surface area (Å²) in [5.41, 5.74) is 1.84. The van der Waals surface area contributed by atoms with E-state index in [0.29, 0.717) is 0 Å². The van der Waals surface area contributed by atoms with Crippen molar-refractivity contribution in [3.63, 3.8) is 0 Å². The van der Waals surface area contributed by atoms with Gasteiger partial charge in [-0.25, -0.2) is 0 Å². The summed E-state index contributed by atoms with van der Waals surface area (Å²) < 4.78 is 6.35. The molecular formula is C11H10O2S. The molecule has 0 unspecified atom stereocenters. The minimum atomic E-state index is 0.718. The standard InChI is InChI=1S/C11H10O2S/c1-7-3-8(6-12)4-9-5-10(13-2)14-11(7)9/h3-6H,1-2H3. The SMILES string of the molecule is COc1cc2cc(C=O)cc(C)c2s1. The molecule has 2 aromatic rings. The van der Waals surface area contributed by atoms with Crippen LogP contribution in [0, 0.1) is 6.92 Å². The molecular weight excluding hydrogens is 196 g/mol. The average Bonchev–Trinajstić information content (AvgIpc) is 2.61. The number of ether oxygens (including phenoxy) is 1. The Balaban J connectivity index is 2.73. The quantitative estimate of drug-likeness (QED) is 0.706. The summed E-state index contributed by atoms with van der Waals surface area (Å²) >= 11 is 1.60. The normalized spacial score (nSPS) is 10.4. The average molecular weight is 206 g/mol. The summed E-state index contributed by atoms with van der Waals surface area (Å²) in [6, 6.07) is 5.74. The second kappa shape index (κ2) is 3.42. The van der Waals surface area contributed by atoms with E-state index in [-0.39, 0.29) is 0 Å². The largest absolute Gasteiger partial charge is 0.487 e. The van der Waals surface area contributed by atoms with Gasteiger partial charge >= 0.3 is 0 Å². The van der Waals surface area contributed by atoms with Crippen molar-refractivity contribution in [1.29, 1.82) is 0 Å². The van der Waals surface area contributed by atoms with Gasteiger partial charge in [0.2, 0.25) is 0 Å². The molecule has 0 saturated carbocycles. The lowest BCUT2D eigenvalue weighted by Gasteiger charge is -1.96. The van der Waals surface area contributed by atoms with Gasteiger partial charge in [0.1, 0.15) is 6.29 Å². The van der Waals surface area contributed by atoms with Crippen molar-refractivity contribution in [3.05, 3.63) is 29.3 Å². The van der Waals surface area contributed by atoms with E-state index in [1.807, 2.05) is 25.1 Å². The molecule has 2 nitrogen and oxygen atoms in total. The third-order valence-corrected chi connectivity index (χ3v) is 3.39. The molecule has 0 saturated heterocycles. The van der Waals surface area contributed by atoms with Gasteiger partial charge in [0.05, 0.1) is 7.11 Å². The summed E-state index contributed by atoms with van der Waals surface area (Å²) in [7, 11) is 1.65. The number of methoxy groups -OCH3 is 1. The van der Waals surface area contributed by atoms with E-state index in [2.05, 4.69) is 0 Å². The first-order chi connectivity index (χ1) is 6.74. The van der Waals surface area contributed by atoms with Crippen LogP contribution in [0.4, 0.5) is 0 Å². The Labute approximate surface area is 86.1 Å². The zero-order valence-corrected chi connectivity index (χ0v) is 8.85. The zero-order chi connectivity index (χ0) is 10.1. The van der Waals surface area contributed by atoms with Crippen molar-refractivity contribution in [2.75, 3.05) is 7.11 Å². The third kappa shape index (κ3) is 1.40. The maximum atomic E-state index is 10.7. The number of hydrogen-bond acceptors (Lipinski definition) is 3.